The molecule has 0 radical (unpaired) electrons. The van der Waals surface area contributed by atoms with Crippen molar-refractivity contribution in [1.82, 2.24) is 9.78 Å². The molecular weight excluding hydrogens is 362 g/mol. The molecule has 1 aromatic heterocycles. The molecule has 9 heteroatoms. The highest BCUT2D eigenvalue weighted by Gasteiger charge is 2.23. The smallest absolute Gasteiger partial charge is 0.263 e. The first kappa shape index (κ1) is 17.4. The molecule has 3 rings (SSSR count). The number of sulfonamides is 1. The molecule has 132 valence electrons. The summed E-state index contributed by atoms with van der Waals surface area (Å²) in [5.41, 5.74) is 1.23. The molecule has 25 heavy (non-hydrogen) atoms. The number of benzene rings is 2. The Morgan fingerprint density at radius 2 is 1.72 bits per heavy atom. The van der Waals surface area contributed by atoms with Crippen LogP contribution in [0, 0.1) is 0 Å². The van der Waals surface area contributed by atoms with Gasteiger partial charge in [0.15, 0.2) is 9.84 Å². The van der Waals surface area contributed by atoms with Crippen LogP contribution in [-0.2, 0) is 26.4 Å². The van der Waals surface area contributed by atoms with E-state index < -0.39 is 19.9 Å². The third-order valence-corrected chi connectivity index (χ3v) is 6.46. The first-order valence-electron chi connectivity index (χ1n) is 7.50. The van der Waals surface area contributed by atoms with Crippen LogP contribution in [0.5, 0.6) is 0 Å². The van der Waals surface area contributed by atoms with Crippen LogP contribution < -0.4 is 4.72 Å². The summed E-state index contributed by atoms with van der Waals surface area (Å²) < 4.78 is 53.3. The van der Waals surface area contributed by atoms with E-state index in [0.29, 0.717) is 12.2 Å². The van der Waals surface area contributed by atoms with Gasteiger partial charge in [0.25, 0.3) is 10.0 Å². The number of fused-ring (bicyclic) bond motifs is 1. The molecule has 0 saturated heterocycles. The lowest BCUT2D eigenvalue weighted by Crippen LogP contribution is -2.16. The van der Waals surface area contributed by atoms with Crippen LogP contribution in [0.2, 0.25) is 0 Å². The van der Waals surface area contributed by atoms with Crippen molar-refractivity contribution in [3.63, 3.8) is 0 Å². The minimum absolute atomic E-state index is 0.234. The Kier molecular flexibility index (Phi) is 4.29. The highest BCUT2D eigenvalue weighted by Crippen LogP contribution is 2.25. The lowest BCUT2D eigenvalue weighted by Gasteiger charge is -2.11. The Labute approximate surface area is 146 Å². The lowest BCUT2D eigenvalue weighted by atomic mass is 10.2. The van der Waals surface area contributed by atoms with E-state index in [-0.39, 0.29) is 9.79 Å². The van der Waals surface area contributed by atoms with Crippen molar-refractivity contribution in [3.05, 3.63) is 48.7 Å². The molecule has 0 fully saturated rings. The number of anilines is 1. The SMILES string of the molecule is CCn1ncc2cc(NS(=O)(=O)c3ccccc3S(C)(=O)=O)ccc21. The van der Waals surface area contributed by atoms with Gasteiger partial charge in [-0.15, -0.1) is 0 Å². The monoisotopic (exact) mass is 379 g/mol. The molecule has 0 aliphatic rings. The van der Waals surface area contributed by atoms with Crippen molar-refractivity contribution in [3.8, 4) is 0 Å². The Hall–Kier alpha value is -2.39. The van der Waals surface area contributed by atoms with Crippen LogP contribution in [-0.4, -0.2) is 32.9 Å². The van der Waals surface area contributed by atoms with Crippen LogP contribution in [0.15, 0.2) is 58.5 Å². The zero-order valence-corrected chi connectivity index (χ0v) is 15.3. The Balaban J connectivity index is 2.03. The number of hydrogen-bond acceptors (Lipinski definition) is 5. The normalized spacial score (nSPS) is 12.4. The van der Waals surface area contributed by atoms with E-state index in [2.05, 4.69) is 9.82 Å². The maximum Gasteiger partial charge on any atom is 0.263 e. The number of sulfone groups is 1. The number of nitrogens with zero attached hydrogens (tertiary/aromatic N) is 2. The third-order valence-electron chi connectivity index (χ3n) is 3.73. The second-order valence-electron chi connectivity index (χ2n) is 5.56. The molecule has 1 N–H and O–H groups in total. The average Bonchev–Trinajstić information content (AvgIpc) is 2.96. The Morgan fingerprint density at radius 3 is 2.36 bits per heavy atom. The number of aromatic nitrogens is 2. The Bertz CT molecular complexity index is 1150. The van der Waals surface area contributed by atoms with E-state index in [0.717, 1.165) is 17.2 Å². The number of rotatable bonds is 5. The summed E-state index contributed by atoms with van der Waals surface area (Å²) in [7, 11) is -7.73. The fraction of sp³-hybridized carbons (Fsp3) is 0.188. The lowest BCUT2D eigenvalue weighted by molar-refractivity contribution is 0.588. The zero-order chi connectivity index (χ0) is 18.2. The maximum absolute atomic E-state index is 12.7. The maximum atomic E-state index is 12.7. The standard InChI is InChI=1S/C16H17N3O4S2/c1-3-19-14-9-8-13(10-12(14)11-17-19)18-25(22,23)16-7-5-4-6-15(16)24(2,20)21/h4-11,18H,3H2,1-2H3. The van der Waals surface area contributed by atoms with Crippen LogP contribution in [0.1, 0.15) is 6.92 Å². The van der Waals surface area contributed by atoms with Crippen molar-refractivity contribution in [2.24, 2.45) is 0 Å². The van der Waals surface area contributed by atoms with Crippen molar-refractivity contribution < 1.29 is 16.8 Å². The molecule has 1 heterocycles. The quantitative estimate of drug-likeness (QED) is 0.733. The molecule has 2 aromatic carbocycles. The molecule has 0 unspecified atom stereocenters. The fourth-order valence-electron chi connectivity index (χ4n) is 2.59. The van der Waals surface area contributed by atoms with Gasteiger partial charge in [-0.3, -0.25) is 9.40 Å². The molecule has 3 aromatic rings. The van der Waals surface area contributed by atoms with Gasteiger partial charge in [0.05, 0.1) is 16.6 Å². The molecule has 0 saturated carbocycles. The van der Waals surface area contributed by atoms with Gasteiger partial charge in [0.1, 0.15) is 4.90 Å². The van der Waals surface area contributed by atoms with Crippen molar-refractivity contribution in [2.45, 2.75) is 23.3 Å². The fourth-order valence-corrected chi connectivity index (χ4v) is 5.27. The first-order chi connectivity index (χ1) is 11.7. The molecule has 0 aliphatic heterocycles. The van der Waals surface area contributed by atoms with Crippen LogP contribution >= 0.6 is 0 Å². The van der Waals surface area contributed by atoms with Crippen LogP contribution in [0.4, 0.5) is 5.69 Å². The second kappa shape index (κ2) is 6.16. The molecule has 0 amide bonds. The molecule has 0 bridgehead atoms. The predicted molar refractivity (Wildman–Crippen MR) is 95.8 cm³/mol. The van der Waals surface area contributed by atoms with Gasteiger partial charge in [-0.1, -0.05) is 12.1 Å². The van der Waals surface area contributed by atoms with Gasteiger partial charge < -0.3 is 0 Å². The summed E-state index contributed by atoms with van der Waals surface area (Å²) in [6.07, 6.45) is 2.63. The summed E-state index contributed by atoms with van der Waals surface area (Å²) in [4.78, 5) is -0.510. The average molecular weight is 379 g/mol. The van der Waals surface area contributed by atoms with Gasteiger partial charge in [-0.2, -0.15) is 5.10 Å². The van der Waals surface area contributed by atoms with Gasteiger partial charge in [0.2, 0.25) is 0 Å². The van der Waals surface area contributed by atoms with E-state index in [1.54, 1.807) is 29.1 Å². The largest absolute Gasteiger partial charge is 0.280 e. The first-order valence-corrected chi connectivity index (χ1v) is 10.9. The van der Waals surface area contributed by atoms with Gasteiger partial charge >= 0.3 is 0 Å². The summed E-state index contributed by atoms with van der Waals surface area (Å²) in [6, 6.07) is 10.6. The van der Waals surface area contributed by atoms with Gasteiger partial charge in [-0.25, -0.2) is 16.8 Å². The molecule has 0 aliphatic carbocycles. The Morgan fingerprint density at radius 1 is 1.04 bits per heavy atom. The minimum atomic E-state index is -4.05. The highest BCUT2D eigenvalue weighted by atomic mass is 32.2. The van der Waals surface area contributed by atoms with E-state index in [1.165, 1.54) is 24.3 Å². The number of hydrogen-bond donors (Lipinski definition) is 1. The number of aryl methyl sites for hydroxylation is 1. The minimum Gasteiger partial charge on any atom is -0.280 e. The van der Waals surface area contributed by atoms with E-state index >= 15 is 0 Å². The van der Waals surface area contributed by atoms with Crippen molar-refractivity contribution in [2.75, 3.05) is 11.0 Å². The van der Waals surface area contributed by atoms with Crippen LogP contribution in [0.3, 0.4) is 0 Å². The summed E-state index contributed by atoms with van der Waals surface area (Å²) in [6.45, 7) is 2.67. The molecule has 0 atom stereocenters. The topological polar surface area (TPSA) is 98.1 Å². The van der Waals surface area contributed by atoms with Gasteiger partial charge in [0, 0.05) is 23.9 Å². The van der Waals surface area contributed by atoms with Crippen LogP contribution in [0.25, 0.3) is 10.9 Å². The third kappa shape index (κ3) is 3.38. The van der Waals surface area contributed by atoms with Crippen molar-refractivity contribution in [1.29, 1.82) is 0 Å². The van der Waals surface area contributed by atoms with Gasteiger partial charge in [-0.05, 0) is 37.3 Å². The van der Waals surface area contributed by atoms with E-state index in [4.69, 9.17) is 0 Å². The second-order valence-corrected chi connectivity index (χ2v) is 9.19. The van der Waals surface area contributed by atoms with E-state index in [9.17, 15) is 16.8 Å². The summed E-state index contributed by atoms with van der Waals surface area (Å²) in [5, 5.41) is 5.01. The molecule has 7 nitrogen and oxygen atoms in total. The number of nitrogens with one attached hydrogen (secondary N) is 1. The zero-order valence-electron chi connectivity index (χ0n) is 13.7. The van der Waals surface area contributed by atoms with E-state index in [1.807, 2.05) is 6.92 Å². The molecule has 0 spiro atoms. The predicted octanol–water partition coefficient (Wildman–Crippen LogP) is 2.26. The highest BCUT2D eigenvalue weighted by molar-refractivity contribution is 7.95. The summed E-state index contributed by atoms with van der Waals surface area (Å²) >= 11 is 0. The van der Waals surface area contributed by atoms with Crippen molar-refractivity contribution >= 4 is 36.5 Å². The summed E-state index contributed by atoms with van der Waals surface area (Å²) in [5.74, 6) is 0. The molecular formula is C16H17N3O4S2.